The maximum atomic E-state index is 12.3. The van der Waals surface area contributed by atoms with Gasteiger partial charge in [-0.1, -0.05) is 36.4 Å². The molecule has 29 heavy (non-hydrogen) atoms. The molecule has 9 heteroatoms. The van der Waals surface area contributed by atoms with Crippen molar-refractivity contribution in [3.8, 4) is 11.3 Å². The van der Waals surface area contributed by atoms with Gasteiger partial charge in [0.2, 0.25) is 5.91 Å². The van der Waals surface area contributed by atoms with E-state index in [4.69, 9.17) is 0 Å². The van der Waals surface area contributed by atoms with Gasteiger partial charge in [0, 0.05) is 22.8 Å². The van der Waals surface area contributed by atoms with Crippen LogP contribution in [0, 0.1) is 6.92 Å². The number of rotatable bonds is 6. The lowest BCUT2D eigenvalue weighted by molar-refractivity contribution is -0.115. The summed E-state index contributed by atoms with van der Waals surface area (Å²) in [5.74, 6) is -0.961. The zero-order chi connectivity index (χ0) is 21.0. The van der Waals surface area contributed by atoms with Crippen molar-refractivity contribution in [1.82, 2.24) is 10.3 Å². The smallest absolute Gasteiger partial charge is 0.251 e. The fourth-order valence-corrected chi connectivity index (χ4v) is 4.37. The van der Waals surface area contributed by atoms with Gasteiger partial charge in [0.25, 0.3) is 5.91 Å². The summed E-state index contributed by atoms with van der Waals surface area (Å²) in [5, 5.41) is 7.39. The van der Waals surface area contributed by atoms with Crippen LogP contribution in [-0.4, -0.2) is 38.0 Å². The maximum absolute atomic E-state index is 12.3. The van der Waals surface area contributed by atoms with Crippen molar-refractivity contribution in [1.29, 1.82) is 0 Å². The van der Waals surface area contributed by atoms with Gasteiger partial charge >= 0.3 is 0 Å². The molecule has 0 radical (unpaired) electrons. The van der Waals surface area contributed by atoms with E-state index in [9.17, 15) is 18.0 Å². The first-order valence-electron chi connectivity index (χ1n) is 8.64. The van der Waals surface area contributed by atoms with Crippen LogP contribution >= 0.6 is 11.3 Å². The van der Waals surface area contributed by atoms with Crippen LogP contribution in [0.15, 0.2) is 58.8 Å². The van der Waals surface area contributed by atoms with E-state index in [1.54, 1.807) is 13.0 Å². The molecule has 0 fully saturated rings. The number of hydrogen-bond acceptors (Lipinski definition) is 6. The van der Waals surface area contributed by atoms with Crippen molar-refractivity contribution in [2.75, 3.05) is 18.1 Å². The molecule has 2 amide bonds. The number of thiazole rings is 1. The standard InChI is InChI=1S/C20H19N3O4S2/c1-13-8-9-15(10-17(13)29(2,26)27)19(25)21-11-18(24)23-20-22-16(12-28-20)14-6-4-3-5-7-14/h3-10,12H,11H2,1-2H3,(H,21,25)(H,22,23,24). The van der Waals surface area contributed by atoms with Gasteiger partial charge in [-0.25, -0.2) is 13.4 Å². The third-order valence-electron chi connectivity index (χ3n) is 4.08. The van der Waals surface area contributed by atoms with Crippen LogP contribution in [0.25, 0.3) is 11.3 Å². The zero-order valence-electron chi connectivity index (χ0n) is 15.8. The number of benzene rings is 2. The molecule has 7 nitrogen and oxygen atoms in total. The van der Waals surface area contributed by atoms with E-state index in [0.29, 0.717) is 10.7 Å². The average Bonchev–Trinajstić information content (AvgIpc) is 3.14. The van der Waals surface area contributed by atoms with Crippen molar-refractivity contribution in [3.05, 3.63) is 65.0 Å². The highest BCUT2D eigenvalue weighted by molar-refractivity contribution is 7.90. The monoisotopic (exact) mass is 429 g/mol. The van der Waals surface area contributed by atoms with E-state index in [1.807, 2.05) is 35.7 Å². The Balaban J connectivity index is 1.60. The number of aryl methyl sites for hydroxylation is 1. The molecule has 0 atom stereocenters. The molecule has 1 aromatic heterocycles. The lowest BCUT2D eigenvalue weighted by Crippen LogP contribution is -2.32. The molecular formula is C20H19N3O4S2. The number of carbonyl (C=O) groups excluding carboxylic acids is 2. The van der Waals surface area contributed by atoms with E-state index >= 15 is 0 Å². The van der Waals surface area contributed by atoms with Gasteiger partial charge in [-0.2, -0.15) is 0 Å². The van der Waals surface area contributed by atoms with Crippen molar-refractivity contribution in [2.45, 2.75) is 11.8 Å². The minimum atomic E-state index is -3.45. The second-order valence-electron chi connectivity index (χ2n) is 6.39. The summed E-state index contributed by atoms with van der Waals surface area (Å²) in [7, 11) is -3.45. The van der Waals surface area contributed by atoms with E-state index in [-0.39, 0.29) is 17.0 Å². The molecule has 0 aliphatic rings. The number of sulfone groups is 1. The first-order valence-corrected chi connectivity index (χ1v) is 11.4. The molecular weight excluding hydrogens is 410 g/mol. The fraction of sp³-hybridized carbons (Fsp3) is 0.150. The Bertz CT molecular complexity index is 1160. The third kappa shape index (κ3) is 5.27. The van der Waals surface area contributed by atoms with E-state index in [0.717, 1.165) is 17.5 Å². The Morgan fingerprint density at radius 3 is 2.52 bits per heavy atom. The molecule has 0 saturated heterocycles. The number of nitrogens with one attached hydrogen (secondary N) is 2. The lowest BCUT2D eigenvalue weighted by Gasteiger charge is -2.08. The molecule has 0 aliphatic heterocycles. The summed E-state index contributed by atoms with van der Waals surface area (Å²) in [6.45, 7) is 1.39. The highest BCUT2D eigenvalue weighted by Gasteiger charge is 2.15. The second kappa shape index (κ2) is 8.54. The maximum Gasteiger partial charge on any atom is 0.251 e. The quantitative estimate of drug-likeness (QED) is 0.627. The molecule has 0 saturated carbocycles. The first kappa shape index (κ1) is 20.7. The number of anilines is 1. The molecule has 0 spiro atoms. The number of hydrogen-bond donors (Lipinski definition) is 2. The van der Waals surface area contributed by atoms with Gasteiger partial charge in [0.05, 0.1) is 17.1 Å². The minimum absolute atomic E-state index is 0.0887. The number of carbonyl (C=O) groups is 2. The van der Waals surface area contributed by atoms with Gasteiger partial charge in [-0.3, -0.25) is 9.59 Å². The van der Waals surface area contributed by atoms with E-state index < -0.39 is 21.7 Å². The summed E-state index contributed by atoms with van der Waals surface area (Å²) in [5.41, 5.74) is 2.42. The molecule has 3 aromatic rings. The van der Waals surface area contributed by atoms with Crippen molar-refractivity contribution < 1.29 is 18.0 Å². The zero-order valence-corrected chi connectivity index (χ0v) is 17.4. The summed E-state index contributed by atoms with van der Waals surface area (Å²) >= 11 is 1.29. The van der Waals surface area contributed by atoms with Crippen molar-refractivity contribution in [3.63, 3.8) is 0 Å². The molecule has 1 heterocycles. The summed E-state index contributed by atoms with van der Waals surface area (Å²) in [4.78, 5) is 28.9. The Morgan fingerprint density at radius 2 is 1.83 bits per heavy atom. The molecule has 0 unspecified atom stereocenters. The molecule has 2 aromatic carbocycles. The Labute approximate surface area is 172 Å². The van der Waals surface area contributed by atoms with Crippen LogP contribution in [0.2, 0.25) is 0 Å². The van der Waals surface area contributed by atoms with Crippen LogP contribution in [0.4, 0.5) is 5.13 Å². The van der Waals surface area contributed by atoms with Crippen LogP contribution in [0.3, 0.4) is 0 Å². The third-order valence-corrected chi connectivity index (χ3v) is 6.08. The largest absolute Gasteiger partial charge is 0.343 e. The number of aromatic nitrogens is 1. The van der Waals surface area contributed by atoms with Gasteiger partial charge in [0.15, 0.2) is 15.0 Å². The van der Waals surface area contributed by atoms with Crippen LogP contribution in [-0.2, 0) is 14.6 Å². The molecule has 0 bridgehead atoms. The molecule has 3 rings (SSSR count). The van der Waals surface area contributed by atoms with E-state index in [1.165, 1.54) is 23.5 Å². The van der Waals surface area contributed by atoms with Gasteiger partial charge in [0.1, 0.15) is 0 Å². The topological polar surface area (TPSA) is 105 Å². The summed E-state index contributed by atoms with van der Waals surface area (Å²) in [6.07, 6.45) is 1.09. The predicted octanol–water partition coefficient (Wildman–Crippen LogP) is 2.89. The van der Waals surface area contributed by atoms with Crippen molar-refractivity contribution >= 4 is 38.1 Å². The Morgan fingerprint density at radius 1 is 1.10 bits per heavy atom. The van der Waals surface area contributed by atoms with Gasteiger partial charge in [-0.05, 0) is 24.6 Å². The Hall–Kier alpha value is -3.04. The van der Waals surface area contributed by atoms with E-state index in [2.05, 4.69) is 15.6 Å². The molecule has 0 aliphatic carbocycles. The van der Waals surface area contributed by atoms with Gasteiger partial charge < -0.3 is 10.6 Å². The number of nitrogens with zero attached hydrogens (tertiary/aromatic N) is 1. The Kier molecular flexibility index (Phi) is 6.09. The summed E-state index contributed by atoms with van der Waals surface area (Å²) in [6, 6.07) is 14.0. The first-order chi connectivity index (χ1) is 13.7. The average molecular weight is 430 g/mol. The second-order valence-corrected chi connectivity index (χ2v) is 9.23. The minimum Gasteiger partial charge on any atom is -0.343 e. The molecule has 150 valence electrons. The SMILES string of the molecule is Cc1ccc(C(=O)NCC(=O)Nc2nc(-c3ccccc3)cs2)cc1S(C)(=O)=O. The van der Waals surface area contributed by atoms with Crippen LogP contribution in [0.5, 0.6) is 0 Å². The molecule has 2 N–H and O–H groups in total. The van der Waals surface area contributed by atoms with Crippen LogP contribution in [0.1, 0.15) is 15.9 Å². The highest BCUT2D eigenvalue weighted by atomic mass is 32.2. The number of amides is 2. The normalized spacial score (nSPS) is 11.1. The lowest BCUT2D eigenvalue weighted by atomic mass is 10.1. The van der Waals surface area contributed by atoms with Crippen LogP contribution < -0.4 is 10.6 Å². The van der Waals surface area contributed by atoms with Gasteiger partial charge in [-0.15, -0.1) is 11.3 Å². The fourth-order valence-electron chi connectivity index (χ4n) is 2.64. The summed E-state index contributed by atoms with van der Waals surface area (Å²) < 4.78 is 23.6. The predicted molar refractivity (Wildman–Crippen MR) is 113 cm³/mol. The van der Waals surface area contributed by atoms with Crippen molar-refractivity contribution in [2.24, 2.45) is 0 Å². The highest BCUT2D eigenvalue weighted by Crippen LogP contribution is 2.24.